The molecule has 0 aliphatic heterocycles. The van der Waals surface area contributed by atoms with Gasteiger partial charge in [-0.1, -0.05) is 6.07 Å². The smallest absolute Gasteiger partial charge is 0.338 e. The van der Waals surface area contributed by atoms with E-state index in [4.69, 9.17) is 11.6 Å². The van der Waals surface area contributed by atoms with Crippen molar-refractivity contribution in [3.63, 3.8) is 0 Å². The topological polar surface area (TPSA) is 57.0 Å². The van der Waals surface area contributed by atoms with Crippen molar-refractivity contribution in [1.82, 2.24) is 14.5 Å². The Balaban J connectivity index is 2.18. The number of ether oxygens (including phenoxy) is 1. The van der Waals surface area contributed by atoms with Gasteiger partial charge in [-0.2, -0.15) is 0 Å². The van der Waals surface area contributed by atoms with E-state index in [1.807, 2.05) is 12.1 Å². The number of benzene rings is 1. The fourth-order valence-electron chi connectivity index (χ4n) is 2.42. The van der Waals surface area contributed by atoms with Gasteiger partial charge < -0.3 is 9.30 Å². The largest absolute Gasteiger partial charge is 0.465 e. The van der Waals surface area contributed by atoms with Crippen molar-refractivity contribution in [3.05, 3.63) is 59.4 Å². The molecule has 7 heteroatoms. The Morgan fingerprint density at radius 2 is 2.26 bits per heavy atom. The van der Waals surface area contributed by atoms with Crippen molar-refractivity contribution >= 4 is 28.6 Å². The fraction of sp³-hybridized carbons (Fsp3) is 0.188. The van der Waals surface area contributed by atoms with Gasteiger partial charge in [-0.25, -0.2) is 14.2 Å². The Bertz CT molecular complexity index is 865. The number of pyridine rings is 1. The maximum absolute atomic E-state index is 14.3. The summed E-state index contributed by atoms with van der Waals surface area (Å²) in [7, 11) is 1.25. The van der Waals surface area contributed by atoms with Crippen LogP contribution in [0.4, 0.5) is 4.39 Å². The number of esters is 1. The van der Waals surface area contributed by atoms with Gasteiger partial charge in [-0.05, 0) is 23.8 Å². The van der Waals surface area contributed by atoms with Gasteiger partial charge in [0, 0.05) is 12.4 Å². The summed E-state index contributed by atoms with van der Waals surface area (Å²) >= 11 is 5.94. The highest BCUT2D eigenvalue weighted by Crippen LogP contribution is 2.24. The summed E-state index contributed by atoms with van der Waals surface area (Å²) in [5.41, 5.74) is 1.72. The Labute approximate surface area is 136 Å². The van der Waals surface area contributed by atoms with Gasteiger partial charge >= 0.3 is 5.97 Å². The van der Waals surface area contributed by atoms with E-state index in [1.54, 1.807) is 23.0 Å². The van der Waals surface area contributed by atoms with Crippen LogP contribution in [0, 0.1) is 5.82 Å². The number of carbonyl (C=O) groups excluding carboxylic acids is 1. The van der Waals surface area contributed by atoms with E-state index < -0.39 is 11.8 Å². The summed E-state index contributed by atoms with van der Waals surface area (Å²) in [6, 6.07) is 6.39. The molecule has 0 atom stereocenters. The fourth-order valence-corrected chi connectivity index (χ4v) is 2.62. The zero-order valence-electron chi connectivity index (χ0n) is 12.3. The standard InChI is InChI=1S/C16H13ClFN3O2/c1-23-16(22)11-5-12(18)15-13(6-11)21(14(7-17)20-15)9-10-3-2-4-19-8-10/h2-6,8H,7,9H2,1H3. The van der Waals surface area contributed by atoms with E-state index in [1.165, 1.54) is 7.11 Å². The van der Waals surface area contributed by atoms with E-state index in [2.05, 4.69) is 14.7 Å². The van der Waals surface area contributed by atoms with Crippen LogP contribution in [-0.4, -0.2) is 27.6 Å². The summed E-state index contributed by atoms with van der Waals surface area (Å²) in [6.45, 7) is 0.427. The molecule has 0 amide bonds. The molecule has 0 bridgehead atoms. The van der Waals surface area contributed by atoms with Gasteiger partial charge in [-0.15, -0.1) is 11.6 Å². The van der Waals surface area contributed by atoms with Crippen LogP contribution < -0.4 is 0 Å². The summed E-state index contributed by atoms with van der Waals surface area (Å²) in [5, 5.41) is 0. The molecular formula is C16H13ClFN3O2. The number of rotatable bonds is 4. The van der Waals surface area contributed by atoms with Crippen LogP contribution in [0.1, 0.15) is 21.7 Å². The number of aromatic nitrogens is 3. The van der Waals surface area contributed by atoms with Crippen molar-refractivity contribution in [2.75, 3.05) is 7.11 Å². The third kappa shape index (κ3) is 2.90. The first-order valence-corrected chi connectivity index (χ1v) is 7.39. The highest BCUT2D eigenvalue weighted by molar-refractivity contribution is 6.16. The highest BCUT2D eigenvalue weighted by atomic mass is 35.5. The molecule has 0 spiro atoms. The molecule has 3 aromatic rings. The first kappa shape index (κ1) is 15.4. The molecule has 0 aliphatic carbocycles. The van der Waals surface area contributed by atoms with Gasteiger partial charge in [0.15, 0.2) is 5.82 Å². The minimum absolute atomic E-state index is 0.127. The summed E-state index contributed by atoms with van der Waals surface area (Å²) in [5.74, 6) is -0.542. The molecule has 5 nitrogen and oxygen atoms in total. The number of fused-ring (bicyclic) bond motifs is 1. The monoisotopic (exact) mass is 333 g/mol. The molecule has 0 unspecified atom stereocenters. The van der Waals surface area contributed by atoms with Crippen LogP contribution >= 0.6 is 11.6 Å². The molecule has 0 aliphatic rings. The number of nitrogens with zero attached hydrogens (tertiary/aromatic N) is 3. The number of carbonyl (C=O) groups is 1. The Hall–Kier alpha value is -2.47. The van der Waals surface area contributed by atoms with Crippen LogP contribution in [0.25, 0.3) is 11.0 Å². The van der Waals surface area contributed by atoms with Crippen LogP contribution in [0.3, 0.4) is 0 Å². The predicted molar refractivity (Wildman–Crippen MR) is 83.9 cm³/mol. The molecule has 1 aromatic carbocycles. The van der Waals surface area contributed by atoms with Crippen LogP contribution in [0.5, 0.6) is 0 Å². The van der Waals surface area contributed by atoms with Gasteiger partial charge in [-0.3, -0.25) is 4.98 Å². The SMILES string of the molecule is COC(=O)c1cc(F)c2nc(CCl)n(Cc3cccnc3)c2c1. The molecular weight excluding hydrogens is 321 g/mol. The Morgan fingerprint density at radius 3 is 2.91 bits per heavy atom. The summed E-state index contributed by atoms with van der Waals surface area (Å²) < 4.78 is 20.7. The van der Waals surface area contributed by atoms with Gasteiger partial charge in [0.05, 0.1) is 30.6 Å². The number of imidazole rings is 1. The van der Waals surface area contributed by atoms with Crippen molar-refractivity contribution in [1.29, 1.82) is 0 Å². The third-order valence-corrected chi connectivity index (χ3v) is 3.73. The summed E-state index contributed by atoms with van der Waals surface area (Å²) in [6.07, 6.45) is 3.39. The first-order chi connectivity index (χ1) is 11.1. The third-order valence-electron chi connectivity index (χ3n) is 3.49. The van der Waals surface area contributed by atoms with Crippen molar-refractivity contribution in [2.24, 2.45) is 0 Å². The van der Waals surface area contributed by atoms with Crippen LogP contribution in [0.15, 0.2) is 36.7 Å². The minimum atomic E-state index is -0.604. The average Bonchev–Trinajstić information content (AvgIpc) is 2.93. The zero-order chi connectivity index (χ0) is 16.4. The number of alkyl halides is 1. The molecule has 0 fully saturated rings. The number of methoxy groups -OCH3 is 1. The van der Waals surface area contributed by atoms with E-state index in [0.717, 1.165) is 11.6 Å². The van der Waals surface area contributed by atoms with E-state index in [-0.39, 0.29) is 17.0 Å². The Kier molecular flexibility index (Phi) is 4.25. The maximum atomic E-state index is 14.3. The quantitative estimate of drug-likeness (QED) is 0.543. The molecule has 0 N–H and O–H groups in total. The summed E-state index contributed by atoms with van der Waals surface area (Å²) in [4.78, 5) is 20.0. The maximum Gasteiger partial charge on any atom is 0.338 e. The second kappa shape index (κ2) is 6.34. The van der Waals surface area contributed by atoms with Crippen LogP contribution in [-0.2, 0) is 17.2 Å². The van der Waals surface area contributed by atoms with Gasteiger partial charge in [0.1, 0.15) is 11.3 Å². The molecule has 2 heterocycles. The zero-order valence-corrected chi connectivity index (χ0v) is 13.0. The van der Waals surface area contributed by atoms with E-state index in [9.17, 15) is 9.18 Å². The van der Waals surface area contributed by atoms with E-state index in [0.29, 0.717) is 17.9 Å². The lowest BCUT2D eigenvalue weighted by Crippen LogP contribution is -2.06. The lowest BCUT2D eigenvalue weighted by Gasteiger charge is -2.08. The molecule has 0 saturated heterocycles. The lowest BCUT2D eigenvalue weighted by molar-refractivity contribution is 0.0600. The van der Waals surface area contributed by atoms with Gasteiger partial charge in [0.2, 0.25) is 0 Å². The number of hydrogen-bond donors (Lipinski definition) is 0. The lowest BCUT2D eigenvalue weighted by atomic mass is 10.2. The second-order valence-corrected chi connectivity index (χ2v) is 5.19. The minimum Gasteiger partial charge on any atom is -0.465 e. The average molecular weight is 334 g/mol. The number of halogens is 2. The van der Waals surface area contributed by atoms with Crippen molar-refractivity contribution in [2.45, 2.75) is 12.4 Å². The molecule has 0 saturated carbocycles. The second-order valence-electron chi connectivity index (χ2n) is 4.93. The molecule has 118 valence electrons. The predicted octanol–water partition coefficient (Wildman–Crippen LogP) is 3.14. The highest BCUT2D eigenvalue weighted by Gasteiger charge is 2.18. The molecule has 23 heavy (non-hydrogen) atoms. The van der Waals surface area contributed by atoms with Crippen molar-refractivity contribution in [3.8, 4) is 0 Å². The van der Waals surface area contributed by atoms with Crippen LogP contribution in [0.2, 0.25) is 0 Å². The van der Waals surface area contributed by atoms with E-state index >= 15 is 0 Å². The first-order valence-electron chi connectivity index (χ1n) is 6.86. The van der Waals surface area contributed by atoms with Gasteiger partial charge in [0.25, 0.3) is 0 Å². The number of hydrogen-bond acceptors (Lipinski definition) is 4. The van der Waals surface area contributed by atoms with Crippen molar-refractivity contribution < 1.29 is 13.9 Å². The molecule has 0 radical (unpaired) electrons. The Morgan fingerprint density at radius 1 is 1.43 bits per heavy atom. The normalized spacial score (nSPS) is 10.9. The molecule has 3 rings (SSSR count). The molecule has 2 aromatic heterocycles.